The van der Waals surface area contributed by atoms with Crippen LogP contribution in [0, 0.1) is 11.8 Å². The van der Waals surface area contributed by atoms with Crippen molar-refractivity contribution in [1.29, 1.82) is 0 Å². The number of carbonyl (C=O) groups excluding carboxylic acids is 2. The van der Waals surface area contributed by atoms with E-state index < -0.39 is 11.6 Å². The van der Waals surface area contributed by atoms with E-state index in [2.05, 4.69) is 24.5 Å². The maximum absolute atomic E-state index is 12.6. The summed E-state index contributed by atoms with van der Waals surface area (Å²) in [5.41, 5.74) is -0.703. The Hall–Kier alpha value is -0.940. The zero-order valence-corrected chi connectivity index (χ0v) is 15.0. The van der Waals surface area contributed by atoms with Crippen LogP contribution in [0.1, 0.15) is 54.9 Å². The molecule has 0 radical (unpaired) electrons. The second kappa shape index (κ2) is 7.55. The van der Waals surface area contributed by atoms with Crippen molar-refractivity contribution in [2.45, 2.75) is 78.6 Å². The highest BCUT2D eigenvalue weighted by molar-refractivity contribution is 5.97. The summed E-state index contributed by atoms with van der Waals surface area (Å²) in [4.78, 5) is 25.2. The molecule has 1 amide bonds. The number of hydrogen-bond donors (Lipinski definition) is 2. The summed E-state index contributed by atoms with van der Waals surface area (Å²) in [6, 6.07) is -0.563. The van der Waals surface area contributed by atoms with Gasteiger partial charge in [-0.05, 0) is 25.2 Å². The predicted octanol–water partition coefficient (Wildman–Crippen LogP) is 1.90. The van der Waals surface area contributed by atoms with Crippen molar-refractivity contribution in [3.05, 3.63) is 0 Å². The van der Waals surface area contributed by atoms with Crippen molar-refractivity contribution >= 4 is 11.7 Å². The molecule has 22 heavy (non-hydrogen) atoms. The van der Waals surface area contributed by atoms with E-state index in [0.717, 1.165) is 0 Å². The third-order valence-electron chi connectivity index (χ3n) is 3.90. The average Bonchev–Trinajstić information content (AvgIpc) is 3.12. The molecule has 0 aromatic heterocycles. The molecule has 1 unspecified atom stereocenters. The lowest BCUT2D eigenvalue weighted by molar-refractivity contribution is -0.132. The normalized spacial score (nSPS) is 23.7. The fourth-order valence-corrected chi connectivity index (χ4v) is 2.51. The van der Waals surface area contributed by atoms with Crippen LogP contribution in [0.4, 0.5) is 0 Å². The summed E-state index contributed by atoms with van der Waals surface area (Å²) >= 11 is 0. The van der Waals surface area contributed by atoms with Crippen molar-refractivity contribution in [3.63, 3.8) is 0 Å². The van der Waals surface area contributed by atoms with Gasteiger partial charge in [0, 0.05) is 6.04 Å². The molecule has 5 heteroatoms. The van der Waals surface area contributed by atoms with E-state index in [1.54, 1.807) is 6.92 Å². The lowest BCUT2D eigenvalue weighted by Crippen LogP contribution is -2.55. The summed E-state index contributed by atoms with van der Waals surface area (Å²) in [6.45, 7) is 14.4. The molecule has 5 nitrogen and oxygen atoms in total. The van der Waals surface area contributed by atoms with Gasteiger partial charge in [0.1, 0.15) is 5.60 Å². The van der Waals surface area contributed by atoms with Gasteiger partial charge in [-0.3, -0.25) is 9.59 Å². The van der Waals surface area contributed by atoms with Gasteiger partial charge in [0.05, 0.1) is 18.7 Å². The van der Waals surface area contributed by atoms with Gasteiger partial charge in [-0.2, -0.15) is 0 Å². The summed E-state index contributed by atoms with van der Waals surface area (Å²) in [5.74, 6) is 0.366. The monoisotopic (exact) mass is 312 g/mol. The Morgan fingerprint density at radius 1 is 1.14 bits per heavy atom. The molecule has 0 aliphatic carbocycles. The number of amides is 1. The molecular weight excluding hydrogens is 280 g/mol. The minimum absolute atomic E-state index is 0.0124. The number of carbonyl (C=O) groups is 2. The van der Waals surface area contributed by atoms with Crippen LogP contribution in [0.25, 0.3) is 0 Å². The zero-order chi connectivity index (χ0) is 17.1. The van der Waals surface area contributed by atoms with Crippen LogP contribution in [0.3, 0.4) is 0 Å². The molecule has 1 aliphatic heterocycles. The summed E-state index contributed by atoms with van der Waals surface area (Å²) < 4.78 is 5.26. The third-order valence-corrected chi connectivity index (χ3v) is 3.90. The first-order valence-electron chi connectivity index (χ1n) is 8.31. The molecule has 0 spiro atoms. The van der Waals surface area contributed by atoms with E-state index in [-0.39, 0.29) is 29.7 Å². The van der Waals surface area contributed by atoms with Crippen LogP contribution < -0.4 is 10.6 Å². The van der Waals surface area contributed by atoms with Crippen molar-refractivity contribution < 1.29 is 14.3 Å². The Balaban J connectivity index is 2.78. The van der Waals surface area contributed by atoms with E-state index in [9.17, 15) is 9.59 Å². The molecule has 1 rings (SSSR count). The third kappa shape index (κ3) is 5.36. The van der Waals surface area contributed by atoms with Crippen molar-refractivity contribution in [3.8, 4) is 0 Å². The fourth-order valence-electron chi connectivity index (χ4n) is 2.51. The number of ketones is 1. The first kappa shape index (κ1) is 19.1. The van der Waals surface area contributed by atoms with Crippen LogP contribution in [-0.2, 0) is 14.3 Å². The van der Waals surface area contributed by atoms with Gasteiger partial charge in [0.2, 0.25) is 5.91 Å². The molecule has 1 heterocycles. The predicted molar refractivity (Wildman–Crippen MR) is 87.6 cm³/mol. The maximum Gasteiger partial charge on any atom is 0.237 e. The van der Waals surface area contributed by atoms with Gasteiger partial charge in [-0.25, -0.2) is 0 Å². The van der Waals surface area contributed by atoms with E-state index in [1.807, 2.05) is 27.7 Å². The molecule has 0 saturated carbocycles. The SMILES string of the molecule is CC(C)CC(NC(=O)[C@@H](NC(C)C)C(C)C)C(=O)[C@@]1(C)CO1. The summed E-state index contributed by atoms with van der Waals surface area (Å²) in [7, 11) is 0. The first-order chi connectivity index (χ1) is 10.1. The number of epoxide rings is 1. The summed E-state index contributed by atoms with van der Waals surface area (Å²) in [6.07, 6.45) is 0.635. The van der Waals surface area contributed by atoms with Crippen LogP contribution in [-0.4, -0.2) is 42.0 Å². The average molecular weight is 312 g/mol. The van der Waals surface area contributed by atoms with Gasteiger partial charge >= 0.3 is 0 Å². The quantitative estimate of drug-likeness (QED) is 0.638. The number of ether oxygens (including phenoxy) is 1. The number of hydrogen-bond acceptors (Lipinski definition) is 4. The van der Waals surface area contributed by atoms with Crippen LogP contribution in [0.2, 0.25) is 0 Å². The highest BCUT2D eigenvalue weighted by Gasteiger charge is 2.50. The Morgan fingerprint density at radius 3 is 2.05 bits per heavy atom. The van der Waals surface area contributed by atoms with E-state index in [0.29, 0.717) is 18.9 Å². The lowest BCUT2D eigenvalue weighted by atomic mass is 9.92. The highest BCUT2D eigenvalue weighted by Crippen LogP contribution is 2.29. The van der Waals surface area contributed by atoms with Crippen molar-refractivity contribution in [2.24, 2.45) is 11.8 Å². The van der Waals surface area contributed by atoms with E-state index in [4.69, 9.17) is 4.74 Å². The van der Waals surface area contributed by atoms with Crippen LogP contribution >= 0.6 is 0 Å². The van der Waals surface area contributed by atoms with E-state index in [1.165, 1.54) is 0 Å². The lowest BCUT2D eigenvalue weighted by Gasteiger charge is -2.28. The topological polar surface area (TPSA) is 70.7 Å². The van der Waals surface area contributed by atoms with Crippen LogP contribution in [0.15, 0.2) is 0 Å². The number of rotatable bonds is 9. The molecule has 3 atom stereocenters. The van der Waals surface area contributed by atoms with Gasteiger partial charge in [-0.15, -0.1) is 0 Å². The highest BCUT2D eigenvalue weighted by atomic mass is 16.6. The number of nitrogens with one attached hydrogen (secondary N) is 2. The molecule has 0 bridgehead atoms. The van der Waals surface area contributed by atoms with Gasteiger partial charge < -0.3 is 15.4 Å². The second-order valence-corrected chi connectivity index (χ2v) is 7.62. The molecule has 0 aromatic carbocycles. The molecule has 0 aromatic rings. The minimum Gasteiger partial charge on any atom is -0.361 e. The molecule has 1 fully saturated rings. The van der Waals surface area contributed by atoms with Crippen molar-refractivity contribution in [1.82, 2.24) is 10.6 Å². The zero-order valence-electron chi connectivity index (χ0n) is 15.0. The first-order valence-corrected chi connectivity index (χ1v) is 8.31. The van der Waals surface area contributed by atoms with Crippen molar-refractivity contribution in [2.75, 3.05) is 6.61 Å². The van der Waals surface area contributed by atoms with Gasteiger partial charge in [0.25, 0.3) is 0 Å². The smallest absolute Gasteiger partial charge is 0.237 e. The standard InChI is InChI=1S/C17H32N2O3/c1-10(2)8-13(15(20)17(7)9-22-17)19-16(21)14(11(3)4)18-12(5)6/h10-14,18H,8-9H2,1-7H3,(H,19,21)/t13?,14-,17+/m0/s1. The molecule has 128 valence electrons. The second-order valence-electron chi connectivity index (χ2n) is 7.62. The Bertz CT molecular complexity index is 401. The Morgan fingerprint density at radius 2 is 1.68 bits per heavy atom. The van der Waals surface area contributed by atoms with Gasteiger partial charge in [-0.1, -0.05) is 41.5 Å². The Labute approximate surface area is 134 Å². The minimum atomic E-state index is -0.703. The molecule has 2 N–H and O–H groups in total. The number of Topliss-reactive ketones (excluding diaryl/α,β-unsaturated/α-hetero) is 1. The summed E-state index contributed by atoms with van der Waals surface area (Å²) in [5, 5.41) is 6.23. The van der Waals surface area contributed by atoms with Crippen LogP contribution in [0.5, 0.6) is 0 Å². The van der Waals surface area contributed by atoms with Gasteiger partial charge in [0.15, 0.2) is 5.78 Å². The fraction of sp³-hybridized carbons (Fsp3) is 0.882. The molecular formula is C17H32N2O3. The Kier molecular flexibility index (Phi) is 6.56. The largest absolute Gasteiger partial charge is 0.361 e. The molecule has 1 saturated heterocycles. The maximum atomic E-state index is 12.6. The van der Waals surface area contributed by atoms with E-state index >= 15 is 0 Å². The molecule has 1 aliphatic rings.